The van der Waals surface area contributed by atoms with Crippen LogP contribution in [0.15, 0.2) is 78.9 Å². The predicted molar refractivity (Wildman–Crippen MR) is 88.0 cm³/mol. The highest BCUT2D eigenvalue weighted by Crippen LogP contribution is 2.23. The molecule has 0 unspecified atom stereocenters. The fourth-order valence-corrected chi connectivity index (χ4v) is 2.19. The number of rotatable bonds is 3. The lowest BCUT2D eigenvalue weighted by atomic mass is 10.0. The van der Waals surface area contributed by atoms with Gasteiger partial charge in [0.25, 0.3) is 0 Å². The SMILES string of the molecule is N#Cc1ccc(-c2ccc(OC(=O)c3ccccc3)cc2)cc1. The van der Waals surface area contributed by atoms with Crippen molar-refractivity contribution in [2.45, 2.75) is 0 Å². The van der Waals surface area contributed by atoms with E-state index < -0.39 is 0 Å². The van der Waals surface area contributed by atoms with E-state index in [1.807, 2.05) is 30.3 Å². The first kappa shape index (κ1) is 14.6. The summed E-state index contributed by atoms with van der Waals surface area (Å²) in [5, 5.41) is 8.81. The molecule has 0 heterocycles. The van der Waals surface area contributed by atoms with Crippen LogP contribution in [0.1, 0.15) is 15.9 Å². The van der Waals surface area contributed by atoms with Crippen LogP contribution in [-0.2, 0) is 0 Å². The van der Waals surface area contributed by atoms with Gasteiger partial charge < -0.3 is 4.74 Å². The van der Waals surface area contributed by atoms with Crippen molar-refractivity contribution in [3.05, 3.63) is 90.0 Å². The van der Waals surface area contributed by atoms with Crippen LogP contribution >= 0.6 is 0 Å². The molecule has 3 rings (SSSR count). The number of carbonyl (C=O) groups is 1. The summed E-state index contributed by atoms with van der Waals surface area (Å²) in [6, 6.07) is 25.6. The molecule has 0 spiro atoms. The number of benzene rings is 3. The van der Waals surface area contributed by atoms with Gasteiger partial charge >= 0.3 is 5.97 Å². The highest BCUT2D eigenvalue weighted by atomic mass is 16.5. The minimum Gasteiger partial charge on any atom is -0.423 e. The minimum absolute atomic E-state index is 0.378. The first-order valence-electron chi connectivity index (χ1n) is 7.14. The molecule has 110 valence electrons. The normalized spacial score (nSPS) is 9.87. The third kappa shape index (κ3) is 3.45. The molecule has 3 aromatic rings. The Morgan fingerprint density at radius 1 is 0.783 bits per heavy atom. The number of nitriles is 1. The molecule has 0 saturated carbocycles. The van der Waals surface area contributed by atoms with Crippen LogP contribution in [0.25, 0.3) is 11.1 Å². The standard InChI is InChI=1S/C20H13NO2/c21-14-15-6-8-16(9-7-15)17-10-12-19(13-11-17)23-20(22)18-4-2-1-3-5-18/h1-13H. The van der Waals surface area contributed by atoms with Gasteiger partial charge in [-0.2, -0.15) is 5.26 Å². The molecule has 0 aromatic heterocycles. The van der Waals surface area contributed by atoms with Gasteiger partial charge in [-0.3, -0.25) is 0 Å². The van der Waals surface area contributed by atoms with Crippen molar-refractivity contribution in [1.29, 1.82) is 5.26 Å². The van der Waals surface area contributed by atoms with Crippen LogP contribution in [0.2, 0.25) is 0 Å². The van der Waals surface area contributed by atoms with Gasteiger partial charge in [0.1, 0.15) is 5.75 Å². The van der Waals surface area contributed by atoms with Gasteiger partial charge in [0.2, 0.25) is 0 Å². The zero-order chi connectivity index (χ0) is 16.1. The molecule has 0 aliphatic carbocycles. The Kier molecular flexibility index (Phi) is 4.17. The zero-order valence-corrected chi connectivity index (χ0v) is 12.3. The lowest BCUT2D eigenvalue weighted by molar-refractivity contribution is 0.0735. The number of nitrogens with zero attached hydrogens (tertiary/aromatic N) is 1. The molecule has 0 aliphatic heterocycles. The van der Waals surface area contributed by atoms with Gasteiger partial charge in [0.15, 0.2) is 0 Å². The van der Waals surface area contributed by atoms with Crippen molar-refractivity contribution in [3.63, 3.8) is 0 Å². The van der Waals surface area contributed by atoms with Crippen LogP contribution in [0.3, 0.4) is 0 Å². The summed E-state index contributed by atoms with van der Waals surface area (Å²) >= 11 is 0. The fraction of sp³-hybridized carbons (Fsp3) is 0. The summed E-state index contributed by atoms with van der Waals surface area (Å²) in [5.74, 6) is 0.118. The molecule has 0 N–H and O–H groups in total. The summed E-state index contributed by atoms with van der Waals surface area (Å²) in [6.07, 6.45) is 0. The highest BCUT2D eigenvalue weighted by Gasteiger charge is 2.07. The second kappa shape index (κ2) is 6.59. The number of ether oxygens (including phenoxy) is 1. The average molecular weight is 299 g/mol. The maximum atomic E-state index is 12.0. The third-order valence-electron chi connectivity index (χ3n) is 3.42. The Morgan fingerprint density at radius 3 is 1.91 bits per heavy atom. The molecule has 0 atom stereocenters. The second-order valence-electron chi connectivity index (χ2n) is 4.97. The molecule has 0 saturated heterocycles. The maximum Gasteiger partial charge on any atom is 0.343 e. The van der Waals surface area contributed by atoms with E-state index in [-0.39, 0.29) is 5.97 Å². The lowest BCUT2D eigenvalue weighted by Gasteiger charge is -2.06. The van der Waals surface area contributed by atoms with Crippen LogP contribution in [0, 0.1) is 11.3 Å². The van der Waals surface area contributed by atoms with Crippen molar-refractivity contribution in [3.8, 4) is 22.9 Å². The van der Waals surface area contributed by atoms with E-state index in [1.54, 1.807) is 48.5 Å². The summed E-state index contributed by atoms with van der Waals surface area (Å²) in [5.41, 5.74) is 3.14. The quantitative estimate of drug-likeness (QED) is 0.530. The summed E-state index contributed by atoms with van der Waals surface area (Å²) < 4.78 is 5.35. The van der Waals surface area contributed by atoms with Crippen molar-refractivity contribution < 1.29 is 9.53 Å². The Labute approximate surface area is 134 Å². The van der Waals surface area contributed by atoms with Gasteiger partial charge in [0, 0.05) is 0 Å². The van der Waals surface area contributed by atoms with Crippen molar-refractivity contribution >= 4 is 5.97 Å². The molecule has 0 fully saturated rings. The number of esters is 1. The Balaban J connectivity index is 1.74. The zero-order valence-electron chi connectivity index (χ0n) is 12.3. The van der Waals surface area contributed by atoms with E-state index in [0.717, 1.165) is 11.1 Å². The molecule has 0 bridgehead atoms. The van der Waals surface area contributed by atoms with Gasteiger partial charge in [-0.1, -0.05) is 42.5 Å². The minimum atomic E-state index is -0.378. The maximum absolute atomic E-state index is 12.0. The Bertz CT molecular complexity index is 845. The lowest BCUT2D eigenvalue weighted by Crippen LogP contribution is -2.07. The Hall–Kier alpha value is -3.38. The first-order valence-corrected chi connectivity index (χ1v) is 7.14. The van der Waals surface area contributed by atoms with Gasteiger partial charge in [-0.25, -0.2) is 4.79 Å². The summed E-state index contributed by atoms with van der Waals surface area (Å²) in [6.45, 7) is 0. The molecular weight excluding hydrogens is 286 g/mol. The van der Waals surface area contributed by atoms with Crippen LogP contribution in [-0.4, -0.2) is 5.97 Å². The molecule has 0 radical (unpaired) electrons. The van der Waals surface area contributed by atoms with E-state index in [9.17, 15) is 4.79 Å². The molecular formula is C20H13NO2. The molecule has 0 amide bonds. The third-order valence-corrected chi connectivity index (χ3v) is 3.42. The van der Waals surface area contributed by atoms with E-state index in [0.29, 0.717) is 16.9 Å². The summed E-state index contributed by atoms with van der Waals surface area (Å²) in [4.78, 5) is 12.0. The predicted octanol–water partition coefficient (Wildman–Crippen LogP) is 4.44. The molecule has 3 aromatic carbocycles. The largest absolute Gasteiger partial charge is 0.423 e. The average Bonchev–Trinajstić information content (AvgIpc) is 2.63. The van der Waals surface area contributed by atoms with E-state index in [1.165, 1.54) is 0 Å². The second-order valence-corrected chi connectivity index (χ2v) is 4.97. The molecule has 3 heteroatoms. The van der Waals surface area contributed by atoms with Gasteiger partial charge in [-0.05, 0) is 47.5 Å². The van der Waals surface area contributed by atoms with Crippen LogP contribution < -0.4 is 4.74 Å². The van der Waals surface area contributed by atoms with E-state index >= 15 is 0 Å². The number of hydrogen-bond donors (Lipinski definition) is 0. The highest BCUT2D eigenvalue weighted by molar-refractivity contribution is 5.91. The van der Waals surface area contributed by atoms with Crippen molar-refractivity contribution in [2.75, 3.05) is 0 Å². The van der Waals surface area contributed by atoms with Crippen LogP contribution in [0.5, 0.6) is 5.75 Å². The fourth-order valence-electron chi connectivity index (χ4n) is 2.19. The van der Waals surface area contributed by atoms with Gasteiger partial charge in [0.05, 0.1) is 17.2 Å². The molecule has 23 heavy (non-hydrogen) atoms. The van der Waals surface area contributed by atoms with Crippen molar-refractivity contribution in [2.24, 2.45) is 0 Å². The smallest absolute Gasteiger partial charge is 0.343 e. The topological polar surface area (TPSA) is 50.1 Å². The van der Waals surface area contributed by atoms with E-state index in [2.05, 4.69) is 6.07 Å². The molecule has 3 nitrogen and oxygen atoms in total. The summed E-state index contributed by atoms with van der Waals surface area (Å²) in [7, 11) is 0. The monoisotopic (exact) mass is 299 g/mol. The van der Waals surface area contributed by atoms with Gasteiger partial charge in [-0.15, -0.1) is 0 Å². The number of hydrogen-bond acceptors (Lipinski definition) is 3. The Morgan fingerprint density at radius 2 is 1.35 bits per heavy atom. The first-order chi connectivity index (χ1) is 11.3. The van der Waals surface area contributed by atoms with Crippen LogP contribution in [0.4, 0.5) is 0 Å². The number of carbonyl (C=O) groups excluding carboxylic acids is 1. The van der Waals surface area contributed by atoms with E-state index in [4.69, 9.17) is 10.00 Å². The van der Waals surface area contributed by atoms with Crippen molar-refractivity contribution in [1.82, 2.24) is 0 Å². The molecule has 0 aliphatic rings.